The first-order valence-corrected chi connectivity index (χ1v) is 8.57. The molecule has 0 amide bonds. The fourth-order valence-electron chi connectivity index (χ4n) is 3.91. The molecule has 0 radical (unpaired) electrons. The van der Waals surface area contributed by atoms with Crippen molar-refractivity contribution in [3.63, 3.8) is 0 Å². The standard InChI is InChI=1S/C17H33NO/c1-14(2)15-8-9-17(19)16(12-15)13-18-10-6-4-3-5-7-11-18/h14-17,19H,3-13H2,1-2H3. The lowest BCUT2D eigenvalue weighted by atomic mass is 9.74. The molecule has 2 rings (SSSR count). The lowest BCUT2D eigenvalue weighted by molar-refractivity contribution is 0.0174. The van der Waals surface area contributed by atoms with Gasteiger partial charge in [-0.1, -0.05) is 33.1 Å². The van der Waals surface area contributed by atoms with Crippen molar-refractivity contribution in [3.8, 4) is 0 Å². The number of nitrogens with zero attached hydrogens (tertiary/aromatic N) is 1. The lowest BCUT2D eigenvalue weighted by Crippen LogP contribution is -2.40. The number of aliphatic hydroxyl groups excluding tert-OH is 1. The first-order chi connectivity index (χ1) is 9.16. The molecule has 1 heterocycles. The van der Waals surface area contributed by atoms with Crippen LogP contribution in [0.4, 0.5) is 0 Å². The summed E-state index contributed by atoms with van der Waals surface area (Å²) < 4.78 is 0. The third-order valence-electron chi connectivity index (χ3n) is 5.37. The molecule has 1 aliphatic carbocycles. The largest absolute Gasteiger partial charge is 0.393 e. The van der Waals surface area contributed by atoms with Crippen molar-refractivity contribution in [3.05, 3.63) is 0 Å². The van der Waals surface area contributed by atoms with Gasteiger partial charge < -0.3 is 10.0 Å². The summed E-state index contributed by atoms with van der Waals surface area (Å²) in [6.45, 7) is 8.35. The second kappa shape index (κ2) is 7.64. The van der Waals surface area contributed by atoms with Crippen molar-refractivity contribution >= 4 is 0 Å². The van der Waals surface area contributed by atoms with Gasteiger partial charge in [-0.15, -0.1) is 0 Å². The molecule has 1 aliphatic heterocycles. The van der Waals surface area contributed by atoms with Crippen LogP contribution in [0.2, 0.25) is 0 Å². The van der Waals surface area contributed by atoms with Crippen LogP contribution < -0.4 is 0 Å². The third kappa shape index (κ3) is 4.75. The van der Waals surface area contributed by atoms with Gasteiger partial charge in [0.2, 0.25) is 0 Å². The quantitative estimate of drug-likeness (QED) is 0.843. The number of hydrogen-bond acceptors (Lipinski definition) is 2. The first kappa shape index (κ1) is 15.3. The molecule has 0 aromatic carbocycles. The minimum absolute atomic E-state index is 0.0413. The molecule has 2 nitrogen and oxygen atoms in total. The van der Waals surface area contributed by atoms with E-state index in [1.165, 1.54) is 58.0 Å². The predicted molar refractivity (Wildman–Crippen MR) is 81.2 cm³/mol. The Hall–Kier alpha value is -0.0800. The molecule has 0 bridgehead atoms. The fourth-order valence-corrected chi connectivity index (χ4v) is 3.91. The Morgan fingerprint density at radius 3 is 2.26 bits per heavy atom. The summed E-state index contributed by atoms with van der Waals surface area (Å²) in [5.74, 6) is 2.14. The summed E-state index contributed by atoms with van der Waals surface area (Å²) in [5, 5.41) is 10.3. The minimum atomic E-state index is -0.0413. The molecule has 1 saturated heterocycles. The van der Waals surface area contributed by atoms with E-state index in [9.17, 15) is 5.11 Å². The maximum Gasteiger partial charge on any atom is 0.0580 e. The van der Waals surface area contributed by atoms with Crippen LogP contribution in [0.15, 0.2) is 0 Å². The van der Waals surface area contributed by atoms with E-state index < -0.39 is 0 Å². The number of rotatable bonds is 3. The SMILES string of the molecule is CC(C)C1CCC(O)C(CN2CCCCCCC2)C1. The van der Waals surface area contributed by atoms with E-state index in [1.807, 2.05) is 0 Å². The van der Waals surface area contributed by atoms with Crippen LogP contribution >= 0.6 is 0 Å². The third-order valence-corrected chi connectivity index (χ3v) is 5.37. The van der Waals surface area contributed by atoms with Crippen molar-refractivity contribution in [1.29, 1.82) is 0 Å². The molecule has 2 aliphatic rings. The summed E-state index contributed by atoms with van der Waals surface area (Å²) in [6, 6.07) is 0. The highest BCUT2D eigenvalue weighted by Crippen LogP contribution is 2.34. The number of aliphatic hydroxyl groups is 1. The molecule has 1 N–H and O–H groups in total. The Bertz CT molecular complexity index is 246. The van der Waals surface area contributed by atoms with Crippen LogP contribution in [0.25, 0.3) is 0 Å². The summed E-state index contributed by atoms with van der Waals surface area (Å²) >= 11 is 0. The van der Waals surface area contributed by atoms with Gasteiger partial charge in [0, 0.05) is 6.54 Å². The molecule has 3 atom stereocenters. The second-order valence-electron chi connectivity index (χ2n) is 7.21. The molecule has 0 spiro atoms. The highest BCUT2D eigenvalue weighted by molar-refractivity contribution is 4.83. The van der Waals surface area contributed by atoms with Gasteiger partial charge >= 0.3 is 0 Å². The zero-order valence-corrected chi connectivity index (χ0v) is 13.0. The molecule has 2 heteroatoms. The van der Waals surface area contributed by atoms with Crippen LogP contribution in [0.5, 0.6) is 0 Å². The van der Waals surface area contributed by atoms with Gasteiger partial charge in [0.15, 0.2) is 0 Å². The van der Waals surface area contributed by atoms with Gasteiger partial charge in [-0.25, -0.2) is 0 Å². The summed E-state index contributed by atoms with van der Waals surface area (Å²) in [4.78, 5) is 2.63. The number of likely N-dealkylation sites (tertiary alicyclic amines) is 1. The van der Waals surface area contributed by atoms with Crippen molar-refractivity contribution in [2.45, 2.75) is 71.3 Å². The zero-order valence-electron chi connectivity index (χ0n) is 13.0. The molecule has 2 fully saturated rings. The molecular weight excluding hydrogens is 234 g/mol. The summed E-state index contributed by atoms with van der Waals surface area (Å²) in [5.41, 5.74) is 0. The Morgan fingerprint density at radius 1 is 1.00 bits per heavy atom. The van der Waals surface area contributed by atoms with Gasteiger partial charge in [0.25, 0.3) is 0 Å². The highest BCUT2D eigenvalue weighted by Gasteiger charge is 2.31. The molecule has 0 aromatic heterocycles. The molecule has 19 heavy (non-hydrogen) atoms. The number of hydrogen-bond donors (Lipinski definition) is 1. The monoisotopic (exact) mass is 267 g/mol. The van der Waals surface area contributed by atoms with Gasteiger partial charge in [-0.05, 0) is 62.9 Å². The summed E-state index contributed by atoms with van der Waals surface area (Å²) in [6.07, 6.45) is 10.4. The predicted octanol–water partition coefficient (Wildman–Crippen LogP) is 3.69. The summed E-state index contributed by atoms with van der Waals surface area (Å²) in [7, 11) is 0. The molecule has 1 saturated carbocycles. The van der Waals surface area contributed by atoms with Crippen molar-refractivity contribution < 1.29 is 5.11 Å². The van der Waals surface area contributed by atoms with Crippen molar-refractivity contribution in [2.24, 2.45) is 17.8 Å². The van der Waals surface area contributed by atoms with Crippen LogP contribution in [0.1, 0.15) is 65.2 Å². The average molecular weight is 267 g/mol. The van der Waals surface area contributed by atoms with E-state index in [1.54, 1.807) is 0 Å². The van der Waals surface area contributed by atoms with Crippen LogP contribution in [-0.2, 0) is 0 Å². The fraction of sp³-hybridized carbons (Fsp3) is 1.00. The van der Waals surface area contributed by atoms with Crippen molar-refractivity contribution in [2.75, 3.05) is 19.6 Å². The van der Waals surface area contributed by atoms with E-state index >= 15 is 0 Å². The smallest absolute Gasteiger partial charge is 0.0580 e. The maximum atomic E-state index is 10.3. The molecule has 112 valence electrons. The first-order valence-electron chi connectivity index (χ1n) is 8.57. The van der Waals surface area contributed by atoms with Gasteiger partial charge in [0.1, 0.15) is 0 Å². The molecule has 0 aromatic rings. The lowest BCUT2D eigenvalue weighted by Gasteiger charge is -2.38. The van der Waals surface area contributed by atoms with Crippen LogP contribution in [0.3, 0.4) is 0 Å². The minimum Gasteiger partial charge on any atom is -0.393 e. The van der Waals surface area contributed by atoms with E-state index in [4.69, 9.17) is 0 Å². The highest BCUT2D eigenvalue weighted by atomic mass is 16.3. The van der Waals surface area contributed by atoms with Crippen LogP contribution in [0, 0.1) is 17.8 Å². The van der Waals surface area contributed by atoms with E-state index in [2.05, 4.69) is 18.7 Å². The van der Waals surface area contributed by atoms with E-state index in [0.717, 1.165) is 24.8 Å². The van der Waals surface area contributed by atoms with E-state index in [0.29, 0.717) is 5.92 Å². The van der Waals surface area contributed by atoms with Gasteiger partial charge in [-0.3, -0.25) is 0 Å². The Labute approximate surface area is 119 Å². The molecular formula is C17H33NO. The van der Waals surface area contributed by atoms with Crippen molar-refractivity contribution in [1.82, 2.24) is 4.90 Å². The Morgan fingerprint density at radius 2 is 1.63 bits per heavy atom. The molecule has 3 unspecified atom stereocenters. The Kier molecular flexibility index (Phi) is 6.15. The average Bonchev–Trinajstić information content (AvgIpc) is 2.34. The maximum absolute atomic E-state index is 10.3. The zero-order chi connectivity index (χ0) is 13.7. The topological polar surface area (TPSA) is 23.5 Å². The van der Waals surface area contributed by atoms with Crippen LogP contribution in [-0.4, -0.2) is 35.7 Å². The normalized spacial score (nSPS) is 35.1. The van der Waals surface area contributed by atoms with E-state index in [-0.39, 0.29) is 6.10 Å². The Balaban J connectivity index is 1.84. The van der Waals surface area contributed by atoms with Gasteiger partial charge in [0.05, 0.1) is 6.10 Å². The second-order valence-corrected chi connectivity index (χ2v) is 7.21. The van der Waals surface area contributed by atoms with Gasteiger partial charge in [-0.2, -0.15) is 0 Å².